The average Bonchev–Trinajstić information content (AvgIpc) is 2.89. The molecule has 170 valence electrons. The Balaban J connectivity index is 1.44. The minimum atomic E-state index is -1.01. The van der Waals surface area contributed by atoms with Crippen molar-refractivity contribution in [2.75, 3.05) is 37.7 Å². The van der Waals surface area contributed by atoms with Crippen molar-refractivity contribution >= 4 is 17.8 Å². The van der Waals surface area contributed by atoms with Gasteiger partial charge in [-0.15, -0.1) is 0 Å². The van der Waals surface area contributed by atoms with Gasteiger partial charge in [0.2, 0.25) is 17.8 Å². The number of hydrogen-bond acceptors (Lipinski definition) is 6. The highest BCUT2D eigenvalue weighted by Gasteiger charge is 2.31. The summed E-state index contributed by atoms with van der Waals surface area (Å²) in [6.45, 7) is 1.62. The lowest BCUT2D eigenvalue weighted by Gasteiger charge is -2.36. The maximum Gasteiger partial charge on any atom is 0.247 e. The first-order valence-corrected chi connectivity index (χ1v) is 11.0. The first-order chi connectivity index (χ1) is 16.2. The Hall–Kier alpha value is -3.78. The summed E-state index contributed by atoms with van der Waals surface area (Å²) in [5.74, 6) is -0.568. The smallest absolute Gasteiger partial charge is 0.247 e. The van der Waals surface area contributed by atoms with Crippen molar-refractivity contribution in [3.05, 3.63) is 90.3 Å². The molecule has 0 saturated carbocycles. The van der Waals surface area contributed by atoms with Gasteiger partial charge in [0.1, 0.15) is 6.04 Å². The van der Waals surface area contributed by atoms with E-state index in [1.165, 1.54) is 0 Å². The van der Waals surface area contributed by atoms with Crippen LogP contribution in [-0.2, 0) is 9.59 Å². The molecule has 8 nitrogen and oxygen atoms in total. The average molecular weight is 446 g/mol. The van der Waals surface area contributed by atoms with Crippen molar-refractivity contribution in [3.8, 4) is 0 Å². The van der Waals surface area contributed by atoms with Crippen molar-refractivity contribution in [2.45, 2.75) is 12.0 Å². The number of amides is 2. The van der Waals surface area contributed by atoms with E-state index in [1.54, 1.807) is 23.4 Å². The number of benzene rings is 2. The molecule has 2 amide bonds. The standard InChI is InChI=1S/C25H27N5O3/c31-18-21(24(33)29-14-16-30(17-15-29)25-26-12-7-13-27-25)28-23(32)22(19-8-3-1-4-9-19)20-10-5-2-6-11-20/h1-13,21-22,31H,14-18H2,(H,28,32)/t21-/m0/s1. The van der Waals surface area contributed by atoms with Crippen LogP contribution in [0.4, 0.5) is 5.95 Å². The Labute approximate surface area is 192 Å². The van der Waals surface area contributed by atoms with Crippen LogP contribution in [-0.4, -0.2) is 70.6 Å². The molecule has 2 aromatic carbocycles. The van der Waals surface area contributed by atoms with Crippen molar-refractivity contribution < 1.29 is 14.7 Å². The highest BCUT2D eigenvalue weighted by atomic mass is 16.3. The quantitative estimate of drug-likeness (QED) is 0.571. The number of carbonyl (C=O) groups excluding carboxylic acids is 2. The van der Waals surface area contributed by atoms with E-state index in [0.29, 0.717) is 32.1 Å². The molecule has 1 fully saturated rings. The molecule has 0 unspecified atom stereocenters. The third-order valence-electron chi connectivity index (χ3n) is 5.75. The van der Waals surface area contributed by atoms with E-state index in [0.717, 1.165) is 11.1 Å². The Morgan fingerprint density at radius 2 is 1.39 bits per heavy atom. The lowest BCUT2D eigenvalue weighted by atomic mass is 9.90. The third-order valence-corrected chi connectivity index (χ3v) is 5.75. The largest absolute Gasteiger partial charge is 0.394 e. The van der Waals surface area contributed by atoms with Crippen LogP contribution < -0.4 is 10.2 Å². The molecule has 1 aliphatic heterocycles. The van der Waals surface area contributed by atoms with Gasteiger partial charge in [-0.25, -0.2) is 9.97 Å². The molecular weight excluding hydrogens is 418 g/mol. The SMILES string of the molecule is O=C(N[C@@H](CO)C(=O)N1CCN(c2ncccn2)CC1)C(c1ccccc1)c1ccccc1. The van der Waals surface area contributed by atoms with Gasteiger partial charge in [-0.1, -0.05) is 60.7 Å². The van der Waals surface area contributed by atoms with E-state index >= 15 is 0 Å². The van der Waals surface area contributed by atoms with E-state index in [-0.39, 0.29) is 11.8 Å². The second kappa shape index (κ2) is 10.7. The second-order valence-corrected chi connectivity index (χ2v) is 7.86. The number of hydrogen-bond donors (Lipinski definition) is 2. The van der Waals surface area contributed by atoms with E-state index < -0.39 is 18.6 Å². The van der Waals surface area contributed by atoms with Crippen LogP contribution in [0, 0.1) is 0 Å². The highest BCUT2D eigenvalue weighted by molar-refractivity contribution is 5.92. The zero-order chi connectivity index (χ0) is 23.0. The maximum atomic E-state index is 13.3. The summed E-state index contributed by atoms with van der Waals surface area (Å²) in [4.78, 5) is 38.6. The molecule has 33 heavy (non-hydrogen) atoms. The topological polar surface area (TPSA) is 98.7 Å². The molecule has 1 aromatic heterocycles. The fourth-order valence-electron chi connectivity index (χ4n) is 4.03. The van der Waals surface area contributed by atoms with Gasteiger partial charge in [-0.3, -0.25) is 9.59 Å². The van der Waals surface area contributed by atoms with Gasteiger partial charge in [-0.2, -0.15) is 0 Å². The summed E-state index contributed by atoms with van der Waals surface area (Å²) >= 11 is 0. The molecule has 4 rings (SSSR count). The van der Waals surface area contributed by atoms with Gasteiger partial charge in [0.15, 0.2) is 0 Å². The normalized spacial score (nSPS) is 14.7. The summed E-state index contributed by atoms with van der Waals surface area (Å²) in [5.41, 5.74) is 1.64. The minimum absolute atomic E-state index is 0.292. The van der Waals surface area contributed by atoms with Gasteiger partial charge in [0, 0.05) is 38.6 Å². The van der Waals surface area contributed by atoms with E-state index in [2.05, 4.69) is 15.3 Å². The van der Waals surface area contributed by atoms with Crippen LogP contribution >= 0.6 is 0 Å². The molecule has 0 spiro atoms. The number of aliphatic hydroxyl groups excluding tert-OH is 1. The molecule has 0 radical (unpaired) electrons. The van der Waals surface area contributed by atoms with Crippen LogP contribution in [0.5, 0.6) is 0 Å². The number of rotatable bonds is 7. The number of nitrogens with zero attached hydrogens (tertiary/aromatic N) is 4. The monoisotopic (exact) mass is 445 g/mol. The Kier molecular flexibility index (Phi) is 7.26. The molecule has 2 heterocycles. The fourth-order valence-corrected chi connectivity index (χ4v) is 4.03. The number of piperazine rings is 1. The number of anilines is 1. The van der Waals surface area contributed by atoms with Crippen molar-refractivity contribution in [1.82, 2.24) is 20.2 Å². The Bertz CT molecular complexity index is 1000. The molecule has 3 aromatic rings. The first kappa shape index (κ1) is 22.4. The molecular formula is C25H27N5O3. The maximum absolute atomic E-state index is 13.3. The second-order valence-electron chi connectivity index (χ2n) is 7.86. The lowest BCUT2D eigenvalue weighted by Crippen LogP contribution is -2.56. The summed E-state index contributed by atoms with van der Waals surface area (Å²) in [6.07, 6.45) is 3.38. The number of aliphatic hydroxyl groups is 1. The van der Waals surface area contributed by atoms with Crippen molar-refractivity contribution in [1.29, 1.82) is 0 Å². The van der Waals surface area contributed by atoms with Gasteiger partial charge in [0.25, 0.3) is 0 Å². The van der Waals surface area contributed by atoms with Crippen LogP contribution in [0.25, 0.3) is 0 Å². The van der Waals surface area contributed by atoms with E-state index in [4.69, 9.17) is 0 Å². The minimum Gasteiger partial charge on any atom is -0.394 e. The van der Waals surface area contributed by atoms with E-state index in [1.807, 2.05) is 65.6 Å². The molecule has 0 bridgehead atoms. The van der Waals surface area contributed by atoms with Gasteiger partial charge in [-0.05, 0) is 17.2 Å². The summed E-state index contributed by atoms with van der Waals surface area (Å²) < 4.78 is 0. The predicted octanol–water partition coefficient (Wildman–Crippen LogP) is 1.43. The van der Waals surface area contributed by atoms with Crippen LogP contribution in [0.3, 0.4) is 0 Å². The Morgan fingerprint density at radius 3 is 1.91 bits per heavy atom. The van der Waals surface area contributed by atoms with Crippen molar-refractivity contribution in [2.24, 2.45) is 0 Å². The molecule has 0 aliphatic carbocycles. The predicted molar refractivity (Wildman–Crippen MR) is 125 cm³/mol. The van der Waals surface area contributed by atoms with Crippen molar-refractivity contribution in [3.63, 3.8) is 0 Å². The van der Waals surface area contributed by atoms with Gasteiger partial charge < -0.3 is 20.2 Å². The highest BCUT2D eigenvalue weighted by Crippen LogP contribution is 2.25. The Morgan fingerprint density at radius 1 is 0.848 bits per heavy atom. The number of aromatic nitrogens is 2. The third kappa shape index (κ3) is 5.35. The van der Waals surface area contributed by atoms with Crippen LogP contribution in [0.1, 0.15) is 17.0 Å². The van der Waals surface area contributed by atoms with Gasteiger partial charge >= 0.3 is 0 Å². The summed E-state index contributed by atoms with van der Waals surface area (Å²) in [5, 5.41) is 12.7. The molecule has 2 N–H and O–H groups in total. The van der Waals surface area contributed by atoms with Gasteiger partial charge in [0.05, 0.1) is 12.5 Å². The first-order valence-electron chi connectivity index (χ1n) is 11.0. The molecule has 1 aliphatic rings. The number of carbonyl (C=O) groups is 2. The zero-order valence-corrected chi connectivity index (χ0v) is 18.2. The zero-order valence-electron chi connectivity index (χ0n) is 18.2. The van der Waals surface area contributed by atoms with Crippen LogP contribution in [0.15, 0.2) is 79.1 Å². The molecule has 8 heteroatoms. The van der Waals surface area contributed by atoms with E-state index in [9.17, 15) is 14.7 Å². The number of nitrogens with one attached hydrogen (secondary N) is 1. The van der Waals surface area contributed by atoms with Crippen LogP contribution in [0.2, 0.25) is 0 Å². The fraction of sp³-hybridized carbons (Fsp3) is 0.280. The molecule has 1 atom stereocenters. The molecule has 1 saturated heterocycles. The lowest BCUT2D eigenvalue weighted by molar-refractivity contribution is -0.138. The summed E-state index contributed by atoms with van der Waals surface area (Å²) in [6, 6.07) is 19.6. The summed E-state index contributed by atoms with van der Waals surface area (Å²) in [7, 11) is 0.